The fraction of sp³-hybridized carbons (Fsp3) is 0.235. The predicted octanol–water partition coefficient (Wildman–Crippen LogP) is 3.76. The number of hydrogen-bond acceptors (Lipinski definition) is 6. The zero-order chi connectivity index (χ0) is 16.8. The number of furan rings is 1. The lowest BCUT2D eigenvalue weighted by molar-refractivity contribution is -0.129. The van der Waals surface area contributed by atoms with Gasteiger partial charge in [-0.2, -0.15) is 0 Å². The van der Waals surface area contributed by atoms with Gasteiger partial charge in [-0.15, -0.1) is 10.2 Å². The second-order valence-corrected chi connectivity index (χ2v) is 7.59. The molecule has 3 rings (SSSR count). The van der Waals surface area contributed by atoms with Gasteiger partial charge in [-0.1, -0.05) is 53.4 Å². The van der Waals surface area contributed by atoms with E-state index >= 15 is 0 Å². The first kappa shape index (κ1) is 16.7. The van der Waals surface area contributed by atoms with Gasteiger partial charge in [-0.05, 0) is 24.6 Å². The molecular weight excluding hydrogens is 342 g/mol. The molecule has 24 heavy (non-hydrogen) atoms. The zero-order valence-corrected chi connectivity index (χ0v) is 14.8. The third-order valence-corrected chi connectivity index (χ3v) is 5.28. The van der Waals surface area contributed by atoms with Crippen LogP contribution < -0.4 is 0 Å². The molecule has 0 aliphatic heterocycles. The van der Waals surface area contributed by atoms with E-state index in [1.165, 1.54) is 23.1 Å². The summed E-state index contributed by atoms with van der Waals surface area (Å²) >= 11 is 2.93. The van der Waals surface area contributed by atoms with Crippen LogP contribution in [0, 0.1) is 6.92 Å². The highest BCUT2D eigenvalue weighted by Crippen LogP contribution is 2.23. The molecule has 1 aromatic carbocycles. The SMILES string of the molecule is Cc1nnc(SCC(=O)N(Cc2ccccc2)Cc2ccco2)s1. The van der Waals surface area contributed by atoms with Crippen molar-refractivity contribution in [1.29, 1.82) is 0 Å². The van der Waals surface area contributed by atoms with Crippen molar-refractivity contribution in [3.05, 3.63) is 65.1 Å². The van der Waals surface area contributed by atoms with E-state index in [-0.39, 0.29) is 5.91 Å². The van der Waals surface area contributed by atoms with Gasteiger partial charge in [0.15, 0.2) is 4.34 Å². The molecule has 0 unspecified atom stereocenters. The Balaban J connectivity index is 1.66. The third kappa shape index (κ3) is 4.69. The largest absolute Gasteiger partial charge is 0.467 e. The van der Waals surface area contributed by atoms with Crippen LogP contribution in [0.1, 0.15) is 16.3 Å². The Morgan fingerprint density at radius 2 is 2.00 bits per heavy atom. The monoisotopic (exact) mass is 359 g/mol. The summed E-state index contributed by atoms with van der Waals surface area (Å²) in [7, 11) is 0. The van der Waals surface area contributed by atoms with Gasteiger partial charge in [0.2, 0.25) is 5.91 Å². The number of amides is 1. The van der Waals surface area contributed by atoms with E-state index in [1.54, 1.807) is 11.2 Å². The molecule has 0 spiro atoms. The number of rotatable bonds is 7. The number of carbonyl (C=O) groups excluding carboxylic acids is 1. The zero-order valence-electron chi connectivity index (χ0n) is 13.2. The van der Waals surface area contributed by atoms with E-state index < -0.39 is 0 Å². The molecule has 1 amide bonds. The molecule has 0 saturated heterocycles. The van der Waals surface area contributed by atoms with E-state index in [0.717, 1.165) is 20.7 Å². The number of benzene rings is 1. The third-order valence-electron chi connectivity index (χ3n) is 3.32. The molecule has 5 nitrogen and oxygen atoms in total. The molecule has 0 aliphatic rings. The molecule has 3 aromatic rings. The maximum absolute atomic E-state index is 12.7. The van der Waals surface area contributed by atoms with Crippen molar-refractivity contribution in [3.8, 4) is 0 Å². The quantitative estimate of drug-likeness (QED) is 0.601. The molecule has 7 heteroatoms. The Labute approximate surface area is 148 Å². The lowest BCUT2D eigenvalue weighted by Gasteiger charge is -2.21. The topological polar surface area (TPSA) is 59.2 Å². The number of hydrogen-bond donors (Lipinski definition) is 0. The molecule has 0 atom stereocenters. The fourth-order valence-electron chi connectivity index (χ4n) is 2.18. The van der Waals surface area contributed by atoms with Crippen LogP contribution in [0.5, 0.6) is 0 Å². The minimum Gasteiger partial charge on any atom is -0.467 e. The van der Waals surface area contributed by atoms with Crippen LogP contribution in [0.3, 0.4) is 0 Å². The van der Waals surface area contributed by atoms with Crippen LogP contribution in [-0.4, -0.2) is 26.8 Å². The lowest BCUT2D eigenvalue weighted by Crippen LogP contribution is -2.31. The number of carbonyl (C=O) groups is 1. The molecule has 0 fully saturated rings. The highest BCUT2D eigenvalue weighted by molar-refractivity contribution is 8.01. The molecule has 0 bridgehead atoms. The lowest BCUT2D eigenvalue weighted by atomic mass is 10.2. The van der Waals surface area contributed by atoms with Crippen molar-refractivity contribution < 1.29 is 9.21 Å². The van der Waals surface area contributed by atoms with Crippen molar-refractivity contribution in [2.45, 2.75) is 24.4 Å². The summed E-state index contributed by atoms with van der Waals surface area (Å²) < 4.78 is 6.22. The average molecular weight is 359 g/mol. The second kappa shape index (κ2) is 8.12. The van der Waals surface area contributed by atoms with E-state index in [1.807, 2.05) is 49.4 Å². The van der Waals surface area contributed by atoms with Crippen molar-refractivity contribution >= 4 is 29.0 Å². The highest BCUT2D eigenvalue weighted by Gasteiger charge is 2.17. The van der Waals surface area contributed by atoms with Gasteiger partial charge in [-0.3, -0.25) is 4.79 Å². The Bertz CT molecular complexity index is 772. The number of thioether (sulfide) groups is 1. The minimum atomic E-state index is 0.0492. The first-order valence-electron chi connectivity index (χ1n) is 7.47. The van der Waals surface area contributed by atoms with Gasteiger partial charge >= 0.3 is 0 Å². The van der Waals surface area contributed by atoms with Crippen LogP contribution in [0.15, 0.2) is 57.5 Å². The molecule has 124 valence electrons. The summed E-state index contributed by atoms with van der Waals surface area (Å²) in [6.07, 6.45) is 1.62. The van der Waals surface area contributed by atoms with Crippen molar-refractivity contribution in [3.63, 3.8) is 0 Å². The van der Waals surface area contributed by atoms with Gasteiger partial charge in [0.05, 0.1) is 18.6 Å². The summed E-state index contributed by atoms with van der Waals surface area (Å²) in [5, 5.41) is 8.93. The van der Waals surface area contributed by atoms with Crippen molar-refractivity contribution in [1.82, 2.24) is 15.1 Å². The van der Waals surface area contributed by atoms with Crippen LogP contribution >= 0.6 is 23.1 Å². The van der Waals surface area contributed by atoms with Crippen LogP contribution in [0.4, 0.5) is 0 Å². The van der Waals surface area contributed by atoms with Crippen LogP contribution in [0.2, 0.25) is 0 Å². The maximum Gasteiger partial charge on any atom is 0.233 e. The Kier molecular flexibility index (Phi) is 5.66. The van der Waals surface area contributed by atoms with E-state index in [0.29, 0.717) is 18.8 Å². The van der Waals surface area contributed by atoms with Gasteiger partial charge in [-0.25, -0.2) is 0 Å². The number of aromatic nitrogens is 2. The number of aryl methyl sites for hydroxylation is 1. The predicted molar refractivity (Wildman–Crippen MR) is 94.8 cm³/mol. The van der Waals surface area contributed by atoms with Crippen LogP contribution in [0.25, 0.3) is 0 Å². The molecule has 2 aromatic heterocycles. The van der Waals surface area contributed by atoms with Crippen molar-refractivity contribution in [2.24, 2.45) is 0 Å². The van der Waals surface area contributed by atoms with Gasteiger partial charge in [0.1, 0.15) is 10.8 Å². The second-order valence-electron chi connectivity index (χ2n) is 5.19. The Morgan fingerprint density at radius 3 is 2.67 bits per heavy atom. The standard InChI is InChI=1S/C17H17N3O2S2/c1-13-18-19-17(24-13)23-12-16(21)20(11-15-8-5-9-22-15)10-14-6-3-2-4-7-14/h2-9H,10-12H2,1H3. The summed E-state index contributed by atoms with van der Waals surface area (Å²) in [4.78, 5) is 14.5. The Hall–Kier alpha value is -2.12. The molecule has 0 aliphatic carbocycles. The van der Waals surface area contributed by atoms with Gasteiger partial charge < -0.3 is 9.32 Å². The molecule has 0 radical (unpaired) electrons. The summed E-state index contributed by atoms with van der Waals surface area (Å²) in [6, 6.07) is 13.7. The first-order chi connectivity index (χ1) is 11.7. The maximum atomic E-state index is 12.7. The minimum absolute atomic E-state index is 0.0492. The highest BCUT2D eigenvalue weighted by atomic mass is 32.2. The molecule has 0 saturated carbocycles. The summed E-state index contributed by atoms with van der Waals surface area (Å²) in [6.45, 7) is 2.91. The van der Waals surface area contributed by atoms with E-state index in [2.05, 4.69) is 10.2 Å². The summed E-state index contributed by atoms with van der Waals surface area (Å²) in [5.74, 6) is 1.16. The van der Waals surface area contributed by atoms with E-state index in [9.17, 15) is 4.79 Å². The van der Waals surface area contributed by atoms with Crippen LogP contribution in [-0.2, 0) is 17.9 Å². The Morgan fingerprint density at radius 1 is 1.17 bits per heavy atom. The normalized spacial score (nSPS) is 10.7. The summed E-state index contributed by atoms with van der Waals surface area (Å²) in [5.41, 5.74) is 1.09. The average Bonchev–Trinajstić information content (AvgIpc) is 3.24. The molecule has 0 N–H and O–H groups in total. The van der Waals surface area contributed by atoms with Gasteiger partial charge in [0.25, 0.3) is 0 Å². The van der Waals surface area contributed by atoms with E-state index in [4.69, 9.17) is 4.42 Å². The first-order valence-corrected chi connectivity index (χ1v) is 9.28. The smallest absolute Gasteiger partial charge is 0.233 e. The number of nitrogens with zero attached hydrogens (tertiary/aromatic N) is 3. The van der Waals surface area contributed by atoms with Crippen molar-refractivity contribution in [2.75, 3.05) is 5.75 Å². The van der Waals surface area contributed by atoms with Gasteiger partial charge in [0, 0.05) is 6.54 Å². The molecule has 2 heterocycles. The fourth-order valence-corrected chi connectivity index (χ4v) is 3.90. The molecular formula is C17H17N3O2S2.